The Morgan fingerprint density at radius 3 is 2.58 bits per heavy atom. The second-order valence-electron chi connectivity index (χ2n) is 9.62. The van der Waals surface area contributed by atoms with Crippen molar-refractivity contribution in [3.63, 3.8) is 0 Å². The van der Waals surface area contributed by atoms with E-state index in [0.29, 0.717) is 13.0 Å². The van der Waals surface area contributed by atoms with Gasteiger partial charge in [-0.15, -0.1) is 12.4 Å². The summed E-state index contributed by atoms with van der Waals surface area (Å²) in [7, 11) is 1.32. The van der Waals surface area contributed by atoms with E-state index >= 15 is 0 Å². The van der Waals surface area contributed by atoms with Crippen LogP contribution in [0.2, 0.25) is 0 Å². The molecule has 2 heterocycles. The zero-order chi connectivity index (χ0) is 27.5. The van der Waals surface area contributed by atoms with E-state index in [9.17, 15) is 27.6 Å². The fraction of sp³-hybridized carbons (Fsp3) is 0.625. The Hall–Kier alpha value is -2.77. The summed E-state index contributed by atoms with van der Waals surface area (Å²) in [5, 5.41) is 14.3. The zero-order valence-corrected chi connectivity index (χ0v) is 22.5. The van der Waals surface area contributed by atoms with Crippen LogP contribution in [0.4, 0.5) is 23.7 Å². The number of carboxylic acid groups (broad SMARTS) is 1. The molecule has 214 valence electrons. The minimum atomic E-state index is -4.88. The fourth-order valence-electron chi connectivity index (χ4n) is 4.85. The van der Waals surface area contributed by atoms with Gasteiger partial charge in [0.1, 0.15) is 5.75 Å². The predicted octanol–water partition coefficient (Wildman–Crippen LogP) is 3.13. The minimum absolute atomic E-state index is 0. The first-order valence-electron chi connectivity index (χ1n) is 12.1. The molecule has 0 aliphatic carbocycles. The first kappa shape index (κ1) is 31.4. The summed E-state index contributed by atoms with van der Waals surface area (Å²) < 4.78 is 53.6. The number of rotatable bonds is 8. The number of anilines is 1. The van der Waals surface area contributed by atoms with Crippen LogP contribution in [0.5, 0.6) is 5.75 Å². The number of methoxy groups -OCH3 is 1. The maximum absolute atomic E-state index is 14.3. The molecule has 0 aromatic heterocycles. The molecule has 3 rings (SSSR count). The Bertz CT molecular complexity index is 1040. The van der Waals surface area contributed by atoms with Crippen molar-refractivity contribution in [3.8, 4) is 5.75 Å². The van der Waals surface area contributed by atoms with Gasteiger partial charge in [-0.3, -0.25) is 9.59 Å². The van der Waals surface area contributed by atoms with E-state index in [1.807, 2.05) is 0 Å². The van der Waals surface area contributed by atoms with E-state index in [4.69, 9.17) is 14.6 Å². The highest BCUT2D eigenvalue weighted by Crippen LogP contribution is 2.44. The zero-order valence-electron chi connectivity index (χ0n) is 21.7. The highest BCUT2D eigenvalue weighted by Gasteiger charge is 2.47. The topological polar surface area (TPSA) is 120 Å². The number of fused-ring (bicyclic) bond motifs is 1. The molecule has 0 unspecified atom stereocenters. The highest BCUT2D eigenvalue weighted by atomic mass is 35.5. The Balaban J connectivity index is 0.00000507. The van der Waals surface area contributed by atoms with Crippen LogP contribution < -0.4 is 20.3 Å². The smallest absolute Gasteiger partial charge is 0.417 e. The summed E-state index contributed by atoms with van der Waals surface area (Å²) in [6.07, 6.45) is -4.78. The number of ether oxygens (including phenoxy) is 2. The Morgan fingerprint density at radius 1 is 1.37 bits per heavy atom. The molecule has 2 atom stereocenters. The largest absolute Gasteiger partial charge is 0.473 e. The Kier molecular flexibility index (Phi) is 10.3. The number of hydrogen-bond acceptors (Lipinski definition) is 6. The maximum atomic E-state index is 14.3. The quantitative estimate of drug-likeness (QED) is 0.442. The van der Waals surface area contributed by atoms with Gasteiger partial charge in [-0.2, -0.15) is 13.2 Å². The number of halogens is 4. The minimum Gasteiger partial charge on any atom is -0.473 e. The summed E-state index contributed by atoms with van der Waals surface area (Å²) in [5.41, 5.74) is -3.48. The van der Waals surface area contributed by atoms with E-state index in [1.165, 1.54) is 18.9 Å². The van der Waals surface area contributed by atoms with Crippen molar-refractivity contribution < 1.29 is 42.1 Å². The number of piperidine rings is 1. The van der Waals surface area contributed by atoms with Crippen molar-refractivity contribution in [2.75, 3.05) is 44.8 Å². The number of benzene rings is 1. The van der Waals surface area contributed by atoms with E-state index in [-0.39, 0.29) is 55.6 Å². The predicted molar refractivity (Wildman–Crippen MR) is 135 cm³/mol. The van der Waals surface area contributed by atoms with Gasteiger partial charge in [0.15, 0.2) is 0 Å². The van der Waals surface area contributed by atoms with Crippen molar-refractivity contribution in [1.29, 1.82) is 0 Å². The number of alkyl halides is 3. The van der Waals surface area contributed by atoms with Gasteiger partial charge in [-0.25, -0.2) is 4.79 Å². The average molecular weight is 567 g/mol. The lowest BCUT2D eigenvalue weighted by atomic mass is 9.96. The van der Waals surface area contributed by atoms with Gasteiger partial charge in [0.05, 0.1) is 23.4 Å². The fourth-order valence-corrected chi connectivity index (χ4v) is 4.85. The normalized spacial score (nSPS) is 21.3. The van der Waals surface area contributed by atoms with E-state index in [2.05, 4.69) is 10.6 Å². The molecule has 10 nitrogen and oxygen atoms in total. The Labute approximate surface area is 225 Å². The van der Waals surface area contributed by atoms with E-state index in [0.717, 1.165) is 30.0 Å². The third-order valence-corrected chi connectivity index (χ3v) is 6.44. The second-order valence-corrected chi connectivity index (χ2v) is 9.62. The van der Waals surface area contributed by atoms with Crippen LogP contribution in [0.15, 0.2) is 12.1 Å². The van der Waals surface area contributed by atoms with Crippen molar-refractivity contribution >= 4 is 36.0 Å². The number of amides is 3. The molecule has 1 aromatic carbocycles. The molecule has 38 heavy (non-hydrogen) atoms. The average Bonchev–Trinajstić information content (AvgIpc) is 2.81. The standard InChI is InChI=1S/C24H33F3N4O6.ClH/c1-14(2)31(15-6-5-7-28-12-15)20(32)16-10-18-19(11-17(16)24(25,26)27)37-23(3,13-36-4)21(33)30(18)9-8-29-22(34)35;/h10-11,14-15,28-29H,5-9,12-13H2,1-4H3,(H,34,35);1H/t15-,23-;/m1./s1. The van der Waals surface area contributed by atoms with Crippen molar-refractivity contribution in [2.24, 2.45) is 0 Å². The third-order valence-electron chi connectivity index (χ3n) is 6.44. The van der Waals surface area contributed by atoms with Gasteiger partial charge >= 0.3 is 12.3 Å². The third kappa shape index (κ3) is 6.62. The van der Waals surface area contributed by atoms with Gasteiger partial charge < -0.3 is 35.0 Å². The summed E-state index contributed by atoms with van der Waals surface area (Å²) in [6, 6.07) is 1.08. The van der Waals surface area contributed by atoms with Crippen LogP contribution in [-0.4, -0.2) is 85.5 Å². The summed E-state index contributed by atoms with van der Waals surface area (Å²) in [5.74, 6) is -1.70. The number of hydrogen-bond donors (Lipinski definition) is 3. The van der Waals surface area contributed by atoms with Gasteiger partial charge in [0, 0.05) is 38.8 Å². The van der Waals surface area contributed by atoms with Gasteiger partial charge in [0.2, 0.25) is 5.60 Å². The molecule has 0 bridgehead atoms. The van der Waals surface area contributed by atoms with Crippen LogP contribution in [-0.2, 0) is 15.7 Å². The number of carbonyl (C=O) groups is 3. The lowest BCUT2D eigenvalue weighted by Crippen LogP contribution is -2.58. The molecule has 2 aliphatic rings. The van der Waals surface area contributed by atoms with Crippen molar-refractivity contribution in [1.82, 2.24) is 15.5 Å². The number of nitrogens with zero attached hydrogens (tertiary/aromatic N) is 2. The van der Waals surface area contributed by atoms with Crippen LogP contribution >= 0.6 is 12.4 Å². The molecule has 2 aliphatic heterocycles. The first-order chi connectivity index (χ1) is 17.3. The van der Waals surface area contributed by atoms with Gasteiger partial charge in [0.25, 0.3) is 11.8 Å². The number of nitrogens with one attached hydrogen (secondary N) is 2. The van der Waals surface area contributed by atoms with E-state index in [1.54, 1.807) is 13.8 Å². The molecular formula is C24H34ClF3N4O6. The highest BCUT2D eigenvalue weighted by molar-refractivity contribution is 6.05. The van der Waals surface area contributed by atoms with E-state index < -0.39 is 40.8 Å². The molecule has 0 radical (unpaired) electrons. The van der Waals surface area contributed by atoms with Crippen molar-refractivity contribution in [3.05, 3.63) is 23.3 Å². The monoisotopic (exact) mass is 566 g/mol. The number of carbonyl (C=O) groups excluding carboxylic acids is 2. The van der Waals surface area contributed by atoms with Gasteiger partial charge in [-0.1, -0.05) is 0 Å². The molecule has 0 spiro atoms. The lowest BCUT2D eigenvalue weighted by molar-refractivity contribution is -0.140. The molecule has 3 amide bonds. The van der Waals surface area contributed by atoms with Crippen LogP contribution in [0.1, 0.15) is 49.5 Å². The molecule has 14 heteroatoms. The Morgan fingerprint density at radius 2 is 2.05 bits per heavy atom. The first-order valence-corrected chi connectivity index (χ1v) is 12.1. The summed E-state index contributed by atoms with van der Waals surface area (Å²) >= 11 is 0. The maximum Gasteiger partial charge on any atom is 0.417 e. The van der Waals surface area contributed by atoms with Crippen LogP contribution in [0.25, 0.3) is 0 Å². The van der Waals surface area contributed by atoms with Crippen LogP contribution in [0.3, 0.4) is 0 Å². The molecule has 1 fully saturated rings. The second kappa shape index (κ2) is 12.4. The SMILES string of the molecule is COC[C@@]1(C)Oc2cc(C(F)(F)F)c(C(=O)N(C(C)C)[C@@H]3CCCNC3)cc2N(CCNC(=O)O)C1=O.Cl. The summed E-state index contributed by atoms with van der Waals surface area (Å²) in [6.45, 7) is 5.44. The molecule has 1 saturated heterocycles. The lowest BCUT2D eigenvalue weighted by Gasteiger charge is -2.41. The molecule has 3 N–H and O–H groups in total. The molecular weight excluding hydrogens is 533 g/mol. The van der Waals surface area contributed by atoms with Crippen molar-refractivity contribution in [2.45, 2.75) is 57.5 Å². The summed E-state index contributed by atoms with van der Waals surface area (Å²) in [4.78, 5) is 40.6. The molecule has 1 aromatic rings. The van der Waals surface area contributed by atoms with Gasteiger partial charge in [-0.05, 0) is 52.3 Å². The molecule has 0 saturated carbocycles. The van der Waals surface area contributed by atoms with Crippen LogP contribution in [0, 0.1) is 0 Å².